The summed E-state index contributed by atoms with van der Waals surface area (Å²) in [5.74, 6) is 1.28. The number of amides is 1. The van der Waals surface area contributed by atoms with Gasteiger partial charge in [-0.05, 0) is 47.7 Å². The van der Waals surface area contributed by atoms with Crippen molar-refractivity contribution in [1.82, 2.24) is 9.88 Å². The fourth-order valence-electron chi connectivity index (χ4n) is 3.22. The Morgan fingerprint density at radius 3 is 2.70 bits per heavy atom. The molecule has 138 valence electrons. The van der Waals surface area contributed by atoms with Gasteiger partial charge in [0.05, 0.1) is 6.54 Å². The van der Waals surface area contributed by atoms with E-state index in [1.807, 2.05) is 49.4 Å². The Morgan fingerprint density at radius 1 is 1.07 bits per heavy atom. The number of ether oxygens (including phenoxy) is 2. The van der Waals surface area contributed by atoms with Gasteiger partial charge in [-0.15, -0.1) is 0 Å². The van der Waals surface area contributed by atoms with Gasteiger partial charge in [0.2, 0.25) is 12.7 Å². The Morgan fingerprint density at radius 2 is 1.89 bits per heavy atom. The first-order chi connectivity index (χ1) is 13.0. The highest BCUT2D eigenvalue weighted by Gasteiger charge is 2.17. The van der Waals surface area contributed by atoms with Crippen LogP contribution in [0, 0.1) is 6.92 Å². The molecule has 2 heterocycles. The summed E-state index contributed by atoms with van der Waals surface area (Å²) < 4.78 is 10.7. The number of H-pyrrole nitrogens is 1. The number of aryl methyl sites for hydroxylation is 1. The van der Waals surface area contributed by atoms with E-state index in [2.05, 4.69) is 4.98 Å². The molecule has 0 fully saturated rings. The number of benzene rings is 2. The maximum Gasteiger partial charge on any atom is 0.253 e. The van der Waals surface area contributed by atoms with Gasteiger partial charge < -0.3 is 19.4 Å². The highest BCUT2D eigenvalue weighted by molar-refractivity contribution is 5.80. The number of nitrogens with zero attached hydrogens (tertiary/aromatic N) is 1. The van der Waals surface area contributed by atoms with Gasteiger partial charge in [0.15, 0.2) is 11.5 Å². The largest absolute Gasteiger partial charge is 0.454 e. The van der Waals surface area contributed by atoms with Crippen molar-refractivity contribution in [3.8, 4) is 11.5 Å². The van der Waals surface area contributed by atoms with Crippen LogP contribution in [0.5, 0.6) is 11.5 Å². The van der Waals surface area contributed by atoms with E-state index in [1.165, 1.54) is 6.92 Å². The molecule has 27 heavy (non-hydrogen) atoms. The maximum atomic E-state index is 12.5. The van der Waals surface area contributed by atoms with Crippen LogP contribution < -0.4 is 15.0 Å². The molecular formula is C21H20N2O4. The molecule has 0 saturated carbocycles. The summed E-state index contributed by atoms with van der Waals surface area (Å²) in [6, 6.07) is 13.4. The first-order valence-corrected chi connectivity index (χ1v) is 8.76. The molecule has 0 spiro atoms. The Hall–Kier alpha value is -3.28. The van der Waals surface area contributed by atoms with Crippen LogP contribution in [0.25, 0.3) is 10.9 Å². The van der Waals surface area contributed by atoms with E-state index in [-0.39, 0.29) is 24.8 Å². The van der Waals surface area contributed by atoms with E-state index >= 15 is 0 Å². The van der Waals surface area contributed by atoms with Gasteiger partial charge >= 0.3 is 0 Å². The van der Waals surface area contributed by atoms with Crippen molar-refractivity contribution in [1.29, 1.82) is 0 Å². The standard InChI is InChI=1S/C21H20N2O4/c1-13-3-5-16-9-17(21(25)22-18(16)7-13)11-23(14(2)24)10-15-4-6-19-20(8-15)27-12-26-19/h3-9H,10-12H2,1-2H3,(H,22,25). The third kappa shape index (κ3) is 3.51. The molecule has 0 unspecified atom stereocenters. The molecule has 6 nitrogen and oxygen atoms in total. The number of pyridine rings is 1. The van der Waals surface area contributed by atoms with E-state index in [1.54, 1.807) is 4.90 Å². The minimum absolute atomic E-state index is 0.101. The molecule has 6 heteroatoms. The molecule has 0 radical (unpaired) electrons. The van der Waals surface area contributed by atoms with Gasteiger partial charge in [0, 0.05) is 24.5 Å². The van der Waals surface area contributed by atoms with E-state index in [0.717, 1.165) is 22.0 Å². The summed E-state index contributed by atoms with van der Waals surface area (Å²) in [6.07, 6.45) is 0. The number of fused-ring (bicyclic) bond motifs is 2. The predicted molar refractivity (Wildman–Crippen MR) is 102 cm³/mol. The quantitative estimate of drug-likeness (QED) is 0.772. The van der Waals surface area contributed by atoms with Gasteiger partial charge in [0.25, 0.3) is 5.56 Å². The molecule has 0 aliphatic carbocycles. The minimum Gasteiger partial charge on any atom is -0.454 e. The van der Waals surface area contributed by atoms with Crippen LogP contribution in [-0.2, 0) is 17.9 Å². The first kappa shape index (κ1) is 17.1. The molecule has 3 aromatic rings. The monoisotopic (exact) mass is 364 g/mol. The van der Waals surface area contributed by atoms with Crippen LogP contribution >= 0.6 is 0 Å². The van der Waals surface area contributed by atoms with Crippen molar-refractivity contribution in [3.05, 3.63) is 69.5 Å². The first-order valence-electron chi connectivity index (χ1n) is 8.76. The Bertz CT molecular complexity index is 1090. The van der Waals surface area contributed by atoms with Crippen molar-refractivity contribution in [3.63, 3.8) is 0 Å². The van der Waals surface area contributed by atoms with E-state index in [9.17, 15) is 9.59 Å². The van der Waals surface area contributed by atoms with Gasteiger partial charge in [-0.25, -0.2) is 0 Å². The molecule has 1 amide bonds. The van der Waals surface area contributed by atoms with E-state index < -0.39 is 0 Å². The summed E-state index contributed by atoms with van der Waals surface area (Å²) in [6.45, 7) is 4.32. The zero-order valence-corrected chi connectivity index (χ0v) is 15.2. The molecule has 0 bridgehead atoms. The lowest BCUT2D eigenvalue weighted by molar-refractivity contribution is -0.130. The van der Waals surface area contributed by atoms with Crippen LogP contribution in [0.2, 0.25) is 0 Å². The number of aromatic nitrogens is 1. The average Bonchev–Trinajstić information content (AvgIpc) is 3.09. The van der Waals surface area contributed by atoms with Gasteiger partial charge in [-0.1, -0.05) is 18.2 Å². The topological polar surface area (TPSA) is 71.6 Å². The van der Waals surface area contributed by atoms with E-state index in [4.69, 9.17) is 9.47 Å². The summed E-state index contributed by atoms with van der Waals surface area (Å²) in [4.78, 5) is 29.2. The summed E-state index contributed by atoms with van der Waals surface area (Å²) in [5.41, 5.74) is 3.18. The molecule has 1 aliphatic heterocycles. The molecule has 0 atom stereocenters. The molecular weight excluding hydrogens is 344 g/mol. The van der Waals surface area contributed by atoms with Crippen LogP contribution in [0.1, 0.15) is 23.6 Å². The second-order valence-corrected chi connectivity index (χ2v) is 6.78. The second-order valence-electron chi connectivity index (χ2n) is 6.78. The lowest BCUT2D eigenvalue weighted by atomic mass is 10.1. The number of hydrogen-bond acceptors (Lipinski definition) is 4. The SMILES string of the molecule is CC(=O)N(Cc1ccc2c(c1)OCO2)Cc1cc2ccc(C)cc2[nH]c1=O. The van der Waals surface area contributed by atoms with Crippen molar-refractivity contribution < 1.29 is 14.3 Å². The number of aromatic amines is 1. The van der Waals surface area contributed by atoms with Crippen molar-refractivity contribution in [2.45, 2.75) is 26.9 Å². The number of nitrogens with one attached hydrogen (secondary N) is 1. The van der Waals surface area contributed by atoms with Gasteiger partial charge in [-0.3, -0.25) is 9.59 Å². The van der Waals surface area contributed by atoms with E-state index in [0.29, 0.717) is 23.6 Å². The molecule has 4 rings (SSSR count). The molecule has 2 aromatic carbocycles. The predicted octanol–water partition coefficient (Wildman–Crippen LogP) is 3.11. The van der Waals surface area contributed by atoms with Crippen LogP contribution in [0.15, 0.2) is 47.3 Å². The van der Waals surface area contributed by atoms with Crippen LogP contribution in [-0.4, -0.2) is 22.6 Å². The van der Waals surface area contributed by atoms with Crippen LogP contribution in [0.4, 0.5) is 0 Å². The average molecular weight is 364 g/mol. The highest BCUT2D eigenvalue weighted by atomic mass is 16.7. The smallest absolute Gasteiger partial charge is 0.253 e. The molecule has 1 aromatic heterocycles. The molecule has 1 aliphatic rings. The number of rotatable bonds is 4. The zero-order chi connectivity index (χ0) is 19.0. The number of carbonyl (C=O) groups is 1. The summed E-state index contributed by atoms with van der Waals surface area (Å²) >= 11 is 0. The summed E-state index contributed by atoms with van der Waals surface area (Å²) in [5, 5.41) is 0.946. The second kappa shape index (κ2) is 6.79. The summed E-state index contributed by atoms with van der Waals surface area (Å²) in [7, 11) is 0. The fraction of sp³-hybridized carbons (Fsp3) is 0.238. The third-order valence-corrected chi connectivity index (χ3v) is 4.70. The normalized spacial score (nSPS) is 12.4. The van der Waals surface area contributed by atoms with Gasteiger partial charge in [0.1, 0.15) is 0 Å². The van der Waals surface area contributed by atoms with Gasteiger partial charge in [-0.2, -0.15) is 0 Å². The highest BCUT2D eigenvalue weighted by Crippen LogP contribution is 2.32. The molecule has 0 saturated heterocycles. The molecule has 1 N–H and O–H groups in total. The fourth-order valence-corrected chi connectivity index (χ4v) is 3.22. The van der Waals surface area contributed by atoms with Crippen LogP contribution in [0.3, 0.4) is 0 Å². The Kier molecular flexibility index (Phi) is 4.32. The van der Waals surface area contributed by atoms with Crippen molar-refractivity contribution in [2.24, 2.45) is 0 Å². The third-order valence-electron chi connectivity index (χ3n) is 4.70. The lowest BCUT2D eigenvalue weighted by Crippen LogP contribution is -2.30. The van der Waals surface area contributed by atoms with Crippen molar-refractivity contribution in [2.75, 3.05) is 6.79 Å². The lowest BCUT2D eigenvalue weighted by Gasteiger charge is -2.21. The number of carbonyl (C=O) groups excluding carboxylic acids is 1. The van der Waals surface area contributed by atoms with Crippen molar-refractivity contribution >= 4 is 16.8 Å². The Labute approximate surface area is 156 Å². The minimum atomic E-state index is -0.176. The Balaban J connectivity index is 1.61. The maximum absolute atomic E-state index is 12.5. The zero-order valence-electron chi connectivity index (χ0n) is 15.2. The number of hydrogen-bond donors (Lipinski definition) is 1.